The molecule has 2 rings (SSSR count). The Morgan fingerprint density at radius 2 is 2.18 bits per heavy atom. The van der Waals surface area contributed by atoms with Gasteiger partial charge in [-0.15, -0.1) is 0 Å². The van der Waals surface area contributed by atoms with Gasteiger partial charge in [-0.25, -0.2) is 4.79 Å². The Labute approximate surface area is 99.8 Å². The Balaban J connectivity index is 1.79. The number of carbonyl (C=O) groups is 1. The fraction of sp³-hybridized carbons (Fsp3) is 0.636. The predicted molar refractivity (Wildman–Crippen MR) is 61.1 cm³/mol. The van der Waals surface area contributed by atoms with Crippen molar-refractivity contribution in [2.24, 2.45) is 0 Å². The summed E-state index contributed by atoms with van der Waals surface area (Å²) in [7, 11) is 2.12. The Morgan fingerprint density at radius 3 is 2.76 bits per heavy atom. The first-order valence-corrected chi connectivity index (χ1v) is 5.75. The molecule has 2 heterocycles. The van der Waals surface area contributed by atoms with Crippen LogP contribution in [0.25, 0.3) is 0 Å². The zero-order valence-corrected chi connectivity index (χ0v) is 9.93. The van der Waals surface area contributed by atoms with Crippen LogP contribution in [0, 0.1) is 0 Å². The topological polar surface area (TPSA) is 69.8 Å². The lowest BCUT2D eigenvalue weighted by atomic mass is 10.2. The van der Waals surface area contributed by atoms with Gasteiger partial charge in [0.25, 0.3) is 0 Å². The number of carboxylic acids is 1. The minimum absolute atomic E-state index is 0.0154. The van der Waals surface area contributed by atoms with Crippen LogP contribution in [0.15, 0.2) is 10.6 Å². The maximum atomic E-state index is 10.6. The fourth-order valence-electron chi connectivity index (χ4n) is 1.87. The van der Waals surface area contributed by atoms with E-state index in [1.54, 1.807) is 0 Å². The number of nitrogens with zero attached hydrogens (tertiary/aromatic N) is 3. The van der Waals surface area contributed by atoms with Crippen LogP contribution in [0.3, 0.4) is 0 Å². The average molecular weight is 239 g/mol. The van der Waals surface area contributed by atoms with E-state index < -0.39 is 5.97 Å². The molecule has 1 fully saturated rings. The Hall–Kier alpha value is -1.40. The summed E-state index contributed by atoms with van der Waals surface area (Å²) >= 11 is 0. The molecule has 1 aromatic rings. The van der Waals surface area contributed by atoms with Crippen LogP contribution in [-0.4, -0.2) is 65.8 Å². The lowest BCUT2D eigenvalue weighted by Gasteiger charge is -2.31. The highest BCUT2D eigenvalue weighted by molar-refractivity contribution is 5.85. The highest BCUT2D eigenvalue weighted by Gasteiger charge is 2.15. The highest BCUT2D eigenvalue weighted by Crippen LogP contribution is 2.07. The first-order chi connectivity index (χ1) is 8.15. The Bertz CT molecular complexity index is 383. The summed E-state index contributed by atoms with van der Waals surface area (Å²) in [5.74, 6) is -0.402. The lowest BCUT2D eigenvalue weighted by molar-refractivity contribution is 0.0685. The van der Waals surface area contributed by atoms with E-state index in [1.807, 2.05) is 0 Å². The number of carboxylic acid groups (broad SMARTS) is 1. The molecule has 1 aliphatic heterocycles. The number of likely N-dealkylation sites (N-methyl/N-ethyl adjacent to an activating group) is 1. The molecule has 0 aromatic carbocycles. The number of hydrogen-bond donors (Lipinski definition) is 1. The van der Waals surface area contributed by atoms with E-state index in [1.165, 1.54) is 6.07 Å². The molecular weight excluding hydrogens is 222 g/mol. The molecule has 0 atom stereocenters. The Kier molecular flexibility index (Phi) is 3.75. The number of piperazine rings is 1. The summed E-state index contributed by atoms with van der Waals surface area (Å²) in [5.41, 5.74) is -0.0154. The van der Waals surface area contributed by atoms with Gasteiger partial charge in [-0.3, -0.25) is 0 Å². The maximum absolute atomic E-state index is 10.6. The number of aromatic nitrogens is 1. The highest BCUT2D eigenvalue weighted by atomic mass is 16.5. The van der Waals surface area contributed by atoms with E-state index in [0.29, 0.717) is 12.2 Å². The normalized spacial score (nSPS) is 18.4. The SMILES string of the molecule is CN1CCN(CCc2cc(C(=O)O)no2)CC1. The average Bonchev–Trinajstić information content (AvgIpc) is 2.77. The van der Waals surface area contributed by atoms with Crippen molar-refractivity contribution in [3.63, 3.8) is 0 Å². The summed E-state index contributed by atoms with van der Waals surface area (Å²) < 4.78 is 4.97. The van der Waals surface area contributed by atoms with Crippen molar-refractivity contribution < 1.29 is 14.4 Å². The van der Waals surface area contributed by atoms with E-state index in [4.69, 9.17) is 9.63 Å². The second-order valence-electron chi connectivity index (χ2n) is 4.38. The van der Waals surface area contributed by atoms with Crippen LogP contribution in [-0.2, 0) is 6.42 Å². The molecule has 0 bridgehead atoms. The van der Waals surface area contributed by atoms with Gasteiger partial charge in [0.15, 0.2) is 5.69 Å². The molecule has 6 nitrogen and oxygen atoms in total. The molecule has 94 valence electrons. The van der Waals surface area contributed by atoms with Gasteiger partial charge in [0, 0.05) is 45.2 Å². The zero-order valence-electron chi connectivity index (χ0n) is 9.93. The van der Waals surface area contributed by atoms with E-state index in [2.05, 4.69) is 22.0 Å². The second-order valence-corrected chi connectivity index (χ2v) is 4.38. The lowest BCUT2D eigenvalue weighted by Crippen LogP contribution is -2.45. The number of hydrogen-bond acceptors (Lipinski definition) is 5. The molecule has 0 amide bonds. The van der Waals surface area contributed by atoms with Crippen molar-refractivity contribution in [1.82, 2.24) is 15.0 Å². The smallest absolute Gasteiger partial charge is 0.358 e. The summed E-state index contributed by atoms with van der Waals surface area (Å²) in [5, 5.41) is 12.2. The molecule has 1 aromatic heterocycles. The standard InChI is InChI=1S/C11H17N3O3/c1-13-4-6-14(7-5-13)3-2-9-8-10(11(15)16)12-17-9/h8H,2-7H2,1H3,(H,15,16). The molecule has 1 N–H and O–H groups in total. The third kappa shape index (κ3) is 3.28. The van der Waals surface area contributed by atoms with E-state index >= 15 is 0 Å². The molecule has 1 saturated heterocycles. The van der Waals surface area contributed by atoms with Gasteiger partial charge in [0.1, 0.15) is 5.76 Å². The largest absolute Gasteiger partial charge is 0.476 e. The first-order valence-electron chi connectivity index (χ1n) is 5.75. The van der Waals surface area contributed by atoms with Crippen LogP contribution < -0.4 is 0 Å². The van der Waals surface area contributed by atoms with Gasteiger partial charge in [0.2, 0.25) is 0 Å². The molecule has 0 radical (unpaired) electrons. The molecule has 0 spiro atoms. The van der Waals surface area contributed by atoms with E-state index in [9.17, 15) is 4.79 Å². The predicted octanol–water partition coefficient (Wildman–Crippen LogP) is 0.163. The van der Waals surface area contributed by atoms with Crippen LogP contribution in [0.4, 0.5) is 0 Å². The molecule has 0 saturated carbocycles. The van der Waals surface area contributed by atoms with Crippen molar-refractivity contribution in [2.75, 3.05) is 39.8 Å². The van der Waals surface area contributed by atoms with Crippen LogP contribution in [0.5, 0.6) is 0 Å². The van der Waals surface area contributed by atoms with Crippen molar-refractivity contribution in [3.05, 3.63) is 17.5 Å². The van der Waals surface area contributed by atoms with Crippen molar-refractivity contribution in [3.8, 4) is 0 Å². The summed E-state index contributed by atoms with van der Waals surface area (Å²) in [6.07, 6.45) is 0.712. The van der Waals surface area contributed by atoms with Gasteiger partial charge < -0.3 is 19.4 Å². The Morgan fingerprint density at radius 1 is 1.47 bits per heavy atom. The van der Waals surface area contributed by atoms with Gasteiger partial charge in [-0.2, -0.15) is 0 Å². The molecule has 6 heteroatoms. The third-order valence-corrected chi connectivity index (χ3v) is 3.05. The summed E-state index contributed by atoms with van der Waals surface area (Å²) in [6, 6.07) is 1.50. The monoisotopic (exact) mass is 239 g/mol. The van der Waals surface area contributed by atoms with Crippen molar-refractivity contribution >= 4 is 5.97 Å². The molecule has 0 unspecified atom stereocenters. The first kappa shape index (κ1) is 12.1. The summed E-state index contributed by atoms with van der Waals surface area (Å²) in [6.45, 7) is 5.16. The van der Waals surface area contributed by atoms with Crippen molar-refractivity contribution in [1.29, 1.82) is 0 Å². The minimum Gasteiger partial charge on any atom is -0.476 e. The third-order valence-electron chi connectivity index (χ3n) is 3.05. The van der Waals surface area contributed by atoms with E-state index in [0.717, 1.165) is 32.7 Å². The molecular formula is C11H17N3O3. The molecule has 1 aliphatic rings. The molecule has 17 heavy (non-hydrogen) atoms. The molecule has 0 aliphatic carbocycles. The van der Waals surface area contributed by atoms with Crippen LogP contribution in [0.2, 0.25) is 0 Å². The number of rotatable bonds is 4. The van der Waals surface area contributed by atoms with E-state index in [-0.39, 0.29) is 5.69 Å². The van der Waals surface area contributed by atoms with Crippen LogP contribution in [0.1, 0.15) is 16.2 Å². The van der Waals surface area contributed by atoms with Gasteiger partial charge in [-0.05, 0) is 7.05 Å². The minimum atomic E-state index is -1.04. The van der Waals surface area contributed by atoms with Gasteiger partial charge in [0.05, 0.1) is 0 Å². The van der Waals surface area contributed by atoms with Gasteiger partial charge in [-0.1, -0.05) is 5.16 Å². The quantitative estimate of drug-likeness (QED) is 0.807. The van der Waals surface area contributed by atoms with Gasteiger partial charge >= 0.3 is 5.97 Å². The zero-order chi connectivity index (χ0) is 12.3. The summed E-state index contributed by atoms with van der Waals surface area (Å²) in [4.78, 5) is 15.3. The fourth-order valence-corrected chi connectivity index (χ4v) is 1.87. The second kappa shape index (κ2) is 5.29. The van der Waals surface area contributed by atoms with Crippen LogP contribution >= 0.6 is 0 Å². The van der Waals surface area contributed by atoms with Crippen molar-refractivity contribution in [2.45, 2.75) is 6.42 Å². The number of aromatic carboxylic acids is 1. The maximum Gasteiger partial charge on any atom is 0.358 e.